The second-order valence-corrected chi connectivity index (χ2v) is 5.12. The molecule has 3 aromatic rings. The summed E-state index contributed by atoms with van der Waals surface area (Å²) in [4.78, 5) is 12.5. The quantitative estimate of drug-likeness (QED) is 0.656. The Hall–Kier alpha value is -2.38. The molecule has 0 saturated heterocycles. The van der Waals surface area contributed by atoms with Crippen LogP contribution in [0.15, 0.2) is 57.7 Å². The fourth-order valence-corrected chi connectivity index (χ4v) is 2.74. The van der Waals surface area contributed by atoms with Gasteiger partial charge in [-0.1, -0.05) is 28.1 Å². The summed E-state index contributed by atoms with van der Waals surface area (Å²) in [5.41, 5.74) is 2.46. The van der Waals surface area contributed by atoms with Gasteiger partial charge in [0.05, 0.1) is 22.6 Å². The number of nitriles is 1. The molecule has 1 aromatic heterocycles. The minimum atomic E-state index is -0.0342. The number of rotatable bonds is 2. The number of para-hydroxylation sites is 1. The first-order valence-corrected chi connectivity index (χ1v) is 7.48. The molecule has 0 spiro atoms. The van der Waals surface area contributed by atoms with E-state index in [-0.39, 0.29) is 5.43 Å². The van der Waals surface area contributed by atoms with Crippen molar-refractivity contribution in [1.82, 2.24) is 0 Å². The topological polar surface area (TPSA) is 54.0 Å². The van der Waals surface area contributed by atoms with Gasteiger partial charge in [-0.25, -0.2) is 0 Å². The van der Waals surface area contributed by atoms with Crippen molar-refractivity contribution in [2.75, 3.05) is 0 Å². The van der Waals surface area contributed by atoms with E-state index >= 15 is 0 Å². The minimum absolute atomic E-state index is 0.0342. The summed E-state index contributed by atoms with van der Waals surface area (Å²) in [5.74, 6) is 0.542. The predicted octanol–water partition coefficient (Wildman–Crippen LogP) is 4.23. The normalized spacial score (nSPS) is 10.5. The number of halogens is 1. The Bertz CT molecular complexity index is 905. The zero-order valence-corrected chi connectivity index (χ0v) is 12.6. The molecule has 0 atom stereocenters. The molecule has 0 N–H and O–H groups in total. The Labute approximate surface area is 129 Å². The lowest BCUT2D eigenvalue weighted by molar-refractivity contribution is 0.613. The molecule has 0 aliphatic carbocycles. The van der Waals surface area contributed by atoms with Crippen LogP contribution in [0.2, 0.25) is 0 Å². The van der Waals surface area contributed by atoms with Crippen LogP contribution in [0.1, 0.15) is 11.1 Å². The average molecular weight is 340 g/mol. The number of hydrogen-bond acceptors (Lipinski definition) is 3. The monoisotopic (exact) mass is 339 g/mol. The number of fused-ring (bicyclic) bond motifs is 1. The lowest BCUT2D eigenvalue weighted by atomic mass is 10.0. The van der Waals surface area contributed by atoms with Gasteiger partial charge < -0.3 is 4.42 Å². The Morgan fingerprint density at radius 3 is 2.48 bits per heavy atom. The molecule has 0 saturated carbocycles. The van der Waals surface area contributed by atoms with Gasteiger partial charge in [0, 0.05) is 10.9 Å². The Kier molecular flexibility index (Phi) is 3.59. The van der Waals surface area contributed by atoms with E-state index in [9.17, 15) is 4.79 Å². The van der Waals surface area contributed by atoms with Crippen molar-refractivity contribution in [2.45, 2.75) is 5.33 Å². The highest BCUT2D eigenvalue weighted by Crippen LogP contribution is 2.27. The predicted molar refractivity (Wildman–Crippen MR) is 85.3 cm³/mol. The van der Waals surface area contributed by atoms with Crippen molar-refractivity contribution >= 4 is 26.9 Å². The second kappa shape index (κ2) is 5.55. The molecule has 102 valence electrons. The standard InChI is InChI=1S/C17H10BrNO2/c18-9-14-16(20)13-3-1-2-4-15(13)21-17(14)12-7-5-11(10-19)6-8-12/h1-8H,9H2. The molecule has 3 nitrogen and oxygen atoms in total. The molecule has 0 unspecified atom stereocenters. The molecule has 0 bridgehead atoms. The summed E-state index contributed by atoms with van der Waals surface area (Å²) >= 11 is 3.36. The second-order valence-electron chi connectivity index (χ2n) is 4.56. The van der Waals surface area contributed by atoms with Crippen LogP contribution in [0.3, 0.4) is 0 Å². The van der Waals surface area contributed by atoms with E-state index in [1.165, 1.54) is 0 Å². The summed E-state index contributed by atoms with van der Waals surface area (Å²) in [5, 5.41) is 9.84. The molecule has 0 radical (unpaired) electrons. The Morgan fingerprint density at radius 1 is 1.10 bits per heavy atom. The Balaban J connectivity index is 2.30. The molecular weight excluding hydrogens is 330 g/mol. The van der Waals surface area contributed by atoms with Gasteiger partial charge >= 0.3 is 0 Å². The van der Waals surface area contributed by atoms with Crippen LogP contribution in [-0.4, -0.2) is 0 Å². The van der Waals surface area contributed by atoms with E-state index in [1.807, 2.05) is 12.1 Å². The molecule has 3 rings (SSSR count). The van der Waals surface area contributed by atoms with Gasteiger partial charge in [-0.3, -0.25) is 4.79 Å². The zero-order valence-electron chi connectivity index (χ0n) is 11.0. The van der Waals surface area contributed by atoms with Gasteiger partial charge in [-0.2, -0.15) is 5.26 Å². The summed E-state index contributed by atoms with van der Waals surface area (Å²) < 4.78 is 5.91. The molecule has 0 fully saturated rings. The van der Waals surface area contributed by atoms with Gasteiger partial charge in [-0.15, -0.1) is 0 Å². The van der Waals surface area contributed by atoms with Crippen LogP contribution in [0.25, 0.3) is 22.3 Å². The van der Waals surface area contributed by atoms with Gasteiger partial charge in [0.2, 0.25) is 0 Å². The van der Waals surface area contributed by atoms with Gasteiger partial charge in [-0.05, 0) is 36.4 Å². The molecule has 0 aliphatic heterocycles. The van der Waals surface area contributed by atoms with Crippen molar-refractivity contribution in [3.8, 4) is 17.4 Å². The Morgan fingerprint density at radius 2 is 1.81 bits per heavy atom. The zero-order chi connectivity index (χ0) is 14.8. The number of nitrogens with zero attached hydrogens (tertiary/aromatic N) is 1. The summed E-state index contributed by atoms with van der Waals surface area (Å²) in [6.45, 7) is 0. The first-order valence-electron chi connectivity index (χ1n) is 6.36. The SMILES string of the molecule is N#Cc1ccc(-c2oc3ccccc3c(=O)c2CBr)cc1. The minimum Gasteiger partial charge on any atom is -0.455 e. The third kappa shape index (κ3) is 2.37. The van der Waals surface area contributed by atoms with E-state index in [2.05, 4.69) is 22.0 Å². The van der Waals surface area contributed by atoms with Crippen LogP contribution in [0, 0.1) is 11.3 Å². The maximum atomic E-state index is 12.5. The van der Waals surface area contributed by atoms with Gasteiger partial charge in [0.25, 0.3) is 0 Å². The highest BCUT2D eigenvalue weighted by molar-refractivity contribution is 9.08. The molecule has 4 heteroatoms. The van der Waals surface area contributed by atoms with Crippen LogP contribution < -0.4 is 5.43 Å². The maximum Gasteiger partial charge on any atom is 0.197 e. The first kappa shape index (κ1) is 13.6. The van der Waals surface area contributed by atoms with Crippen LogP contribution in [0.4, 0.5) is 0 Å². The number of hydrogen-bond donors (Lipinski definition) is 0. The highest BCUT2D eigenvalue weighted by Gasteiger charge is 2.14. The molecule has 0 amide bonds. The average Bonchev–Trinajstić information content (AvgIpc) is 2.55. The maximum absolute atomic E-state index is 12.5. The van der Waals surface area contributed by atoms with Crippen molar-refractivity contribution in [3.63, 3.8) is 0 Å². The largest absolute Gasteiger partial charge is 0.455 e. The van der Waals surface area contributed by atoms with E-state index < -0.39 is 0 Å². The van der Waals surface area contributed by atoms with E-state index in [0.29, 0.717) is 33.2 Å². The van der Waals surface area contributed by atoms with Crippen molar-refractivity contribution in [1.29, 1.82) is 5.26 Å². The fraction of sp³-hybridized carbons (Fsp3) is 0.0588. The van der Waals surface area contributed by atoms with Crippen LogP contribution >= 0.6 is 15.9 Å². The molecule has 0 aliphatic rings. The summed E-state index contributed by atoms with van der Waals surface area (Å²) in [6.07, 6.45) is 0. The third-order valence-electron chi connectivity index (χ3n) is 3.30. The molecule has 1 heterocycles. The molecule has 2 aromatic carbocycles. The van der Waals surface area contributed by atoms with Crippen LogP contribution in [0.5, 0.6) is 0 Å². The first-order chi connectivity index (χ1) is 10.2. The summed E-state index contributed by atoms with van der Waals surface area (Å²) in [7, 11) is 0. The lowest BCUT2D eigenvalue weighted by Crippen LogP contribution is -2.09. The number of alkyl halides is 1. The fourth-order valence-electron chi connectivity index (χ4n) is 2.23. The van der Waals surface area contributed by atoms with E-state index in [0.717, 1.165) is 5.56 Å². The lowest BCUT2D eigenvalue weighted by Gasteiger charge is -2.08. The van der Waals surface area contributed by atoms with Gasteiger partial charge in [0.1, 0.15) is 11.3 Å². The smallest absolute Gasteiger partial charge is 0.197 e. The summed E-state index contributed by atoms with van der Waals surface area (Å²) in [6, 6.07) is 16.3. The van der Waals surface area contributed by atoms with E-state index in [1.54, 1.807) is 36.4 Å². The highest BCUT2D eigenvalue weighted by atomic mass is 79.9. The van der Waals surface area contributed by atoms with Crippen molar-refractivity contribution in [3.05, 3.63) is 69.9 Å². The molecular formula is C17H10BrNO2. The van der Waals surface area contributed by atoms with Gasteiger partial charge in [0.15, 0.2) is 5.43 Å². The van der Waals surface area contributed by atoms with Crippen molar-refractivity contribution < 1.29 is 4.42 Å². The van der Waals surface area contributed by atoms with Crippen LogP contribution in [-0.2, 0) is 5.33 Å². The van der Waals surface area contributed by atoms with E-state index in [4.69, 9.17) is 9.68 Å². The molecule has 21 heavy (non-hydrogen) atoms. The number of benzene rings is 2. The van der Waals surface area contributed by atoms with Crippen molar-refractivity contribution in [2.24, 2.45) is 0 Å². The third-order valence-corrected chi connectivity index (χ3v) is 3.86.